The van der Waals surface area contributed by atoms with Gasteiger partial charge in [-0.2, -0.15) is 9.64 Å². The minimum Gasteiger partial charge on any atom is -0.345 e. The molecule has 0 bridgehead atoms. The van der Waals surface area contributed by atoms with Crippen LogP contribution in [0.4, 0.5) is 16.4 Å². The molecule has 19 heavy (non-hydrogen) atoms. The summed E-state index contributed by atoms with van der Waals surface area (Å²) in [7, 11) is 0. The number of benzene rings is 1. The SMILES string of the molecule is CC(=O)Nc1ccc(Nc2snc(C)c2C#N)cc1. The van der Waals surface area contributed by atoms with Crippen molar-refractivity contribution >= 4 is 33.8 Å². The molecule has 2 rings (SSSR count). The van der Waals surface area contributed by atoms with Gasteiger partial charge in [0.15, 0.2) is 0 Å². The number of carbonyl (C=O) groups excluding carboxylic acids is 1. The first-order chi connectivity index (χ1) is 9.10. The summed E-state index contributed by atoms with van der Waals surface area (Å²) in [6.45, 7) is 3.27. The predicted molar refractivity (Wildman–Crippen MR) is 75.6 cm³/mol. The average molecular weight is 272 g/mol. The van der Waals surface area contributed by atoms with Crippen molar-refractivity contribution in [1.29, 1.82) is 5.26 Å². The van der Waals surface area contributed by atoms with E-state index in [4.69, 9.17) is 5.26 Å². The Morgan fingerprint density at radius 1 is 1.32 bits per heavy atom. The highest BCUT2D eigenvalue weighted by Crippen LogP contribution is 2.27. The smallest absolute Gasteiger partial charge is 0.221 e. The molecule has 2 aromatic rings. The number of nitriles is 1. The third kappa shape index (κ3) is 3.09. The Kier molecular flexibility index (Phi) is 3.78. The molecule has 0 unspecified atom stereocenters. The largest absolute Gasteiger partial charge is 0.345 e. The highest BCUT2D eigenvalue weighted by atomic mass is 32.1. The average Bonchev–Trinajstić information content (AvgIpc) is 2.71. The summed E-state index contributed by atoms with van der Waals surface area (Å²) in [4.78, 5) is 10.9. The lowest BCUT2D eigenvalue weighted by atomic mass is 10.2. The van der Waals surface area contributed by atoms with Crippen LogP contribution in [0.2, 0.25) is 0 Å². The Balaban J connectivity index is 2.15. The molecule has 0 fully saturated rings. The van der Waals surface area contributed by atoms with Crippen LogP contribution in [0.25, 0.3) is 0 Å². The molecule has 1 amide bonds. The zero-order valence-corrected chi connectivity index (χ0v) is 11.3. The number of aryl methyl sites for hydroxylation is 1. The number of carbonyl (C=O) groups is 1. The van der Waals surface area contributed by atoms with Gasteiger partial charge in [0.25, 0.3) is 0 Å². The summed E-state index contributed by atoms with van der Waals surface area (Å²) in [6, 6.07) is 9.39. The van der Waals surface area contributed by atoms with E-state index >= 15 is 0 Å². The van der Waals surface area contributed by atoms with Crippen molar-refractivity contribution in [3.63, 3.8) is 0 Å². The fourth-order valence-electron chi connectivity index (χ4n) is 1.56. The maximum Gasteiger partial charge on any atom is 0.221 e. The zero-order valence-electron chi connectivity index (χ0n) is 10.5. The summed E-state index contributed by atoms with van der Waals surface area (Å²) < 4.78 is 4.14. The number of rotatable bonds is 3. The van der Waals surface area contributed by atoms with Gasteiger partial charge in [0.05, 0.1) is 5.69 Å². The summed E-state index contributed by atoms with van der Waals surface area (Å²) in [6.07, 6.45) is 0. The van der Waals surface area contributed by atoms with Crippen LogP contribution >= 0.6 is 11.5 Å². The minimum absolute atomic E-state index is 0.106. The molecule has 0 aliphatic rings. The van der Waals surface area contributed by atoms with Gasteiger partial charge in [0.2, 0.25) is 5.91 Å². The van der Waals surface area contributed by atoms with Gasteiger partial charge in [0, 0.05) is 18.3 Å². The standard InChI is InChI=1S/C13H12N4OS/c1-8-12(7-14)13(19-17-8)16-11-5-3-10(4-6-11)15-9(2)18/h3-6,16H,1-2H3,(H,15,18). The van der Waals surface area contributed by atoms with Crippen molar-refractivity contribution in [3.8, 4) is 6.07 Å². The van der Waals surface area contributed by atoms with Gasteiger partial charge < -0.3 is 10.6 Å². The Hall–Kier alpha value is -2.39. The number of nitrogens with zero attached hydrogens (tertiary/aromatic N) is 2. The second kappa shape index (κ2) is 5.50. The molecule has 96 valence electrons. The van der Waals surface area contributed by atoms with Gasteiger partial charge in [-0.3, -0.25) is 4.79 Å². The van der Waals surface area contributed by atoms with Crippen LogP contribution in [0.1, 0.15) is 18.2 Å². The maximum absolute atomic E-state index is 10.9. The minimum atomic E-state index is -0.106. The van der Waals surface area contributed by atoms with Crippen LogP contribution in [0.3, 0.4) is 0 Å². The first-order valence-corrected chi connectivity index (χ1v) is 6.38. The highest BCUT2D eigenvalue weighted by molar-refractivity contribution is 7.10. The van der Waals surface area contributed by atoms with E-state index in [1.165, 1.54) is 18.5 Å². The highest BCUT2D eigenvalue weighted by Gasteiger charge is 2.09. The number of anilines is 3. The molecule has 5 nitrogen and oxygen atoms in total. The molecule has 2 N–H and O–H groups in total. The van der Waals surface area contributed by atoms with E-state index in [-0.39, 0.29) is 5.91 Å². The summed E-state index contributed by atoms with van der Waals surface area (Å²) in [5, 5.41) is 15.6. The molecule has 1 aromatic carbocycles. The Labute approximate surface area is 115 Å². The molecule has 0 saturated heterocycles. The fraction of sp³-hybridized carbons (Fsp3) is 0.154. The third-order valence-electron chi connectivity index (χ3n) is 2.44. The summed E-state index contributed by atoms with van der Waals surface area (Å²) >= 11 is 1.26. The van der Waals surface area contributed by atoms with E-state index < -0.39 is 0 Å². The van der Waals surface area contributed by atoms with Crippen LogP contribution in [-0.4, -0.2) is 10.3 Å². The van der Waals surface area contributed by atoms with Crippen LogP contribution in [0.15, 0.2) is 24.3 Å². The lowest BCUT2D eigenvalue weighted by Crippen LogP contribution is -2.05. The van der Waals surface area contributed by atoms with Crippen LogP contribution in [0, 0.1) is 18.3 Å². The predicted octanol–water partition coefficient (Wildman–Crippen LogP) is 3.03. The molecule has 0 spiro atoms. The Morgan fingerprint density at radius 2 is 1.95 bits per heavy atom. The van der Waals surface area contributed by atoms with E-state index in [1.807, 2.05) is 12.1 Å². The second-order valence-electron chi connectivity index (χ2n) is 3.97. The fourth-order valence-corrected chi connectivity index (χ4v) is 2.33. The van der Waals surface area contributed by atoms with Gasteiger partial charge in [-0.1, -0.05) is 0 Å². The first kappa shape index (κ1) is 13.1. The summed E-state index contributed by atoms with van der Waals surface area (Å²) in [5.74, 6) is -0.106. The van der Waals surface area contributed by atoms with Crippen molar-refractivity contribution in [2.24, 2.45) is 0 Å². The molecule has 6 heteroatoms. The van der Waals surface area contributed by atoms with Crippen molar-refractivity contribution in [3.05, 3.63) is 35.5 Å². The number of amides is 1. The number of hydrogen-bond donors (Lipinski definition) is 2. The Bertz CT molecular complexity index is 640. The van der Waals surface area contributed by atoms with Gasteiger partial charge in [0.1, 0.15) is 16.6 Å². The number of hydrogen-bond acceptors (Lipinski definition) is 5. The molecule has 1 aromatic heterocycles. The first-order valence-electron chi connectivity index (χ1n) is 5.61. The normalized spacial score (nSPS) is 9.74. The molecule has 0 atom stereocenters. The molecule has 0 saturated carbocycles. The molecular weight excluding hydrogens is 260 g/mol. The quantitative estimate of drug-likeness (QED) is 0.900. The Morgan fingerprint density at radius 3 is 2.53 bits per heavy atom. The van der Waals surface area contributed by atoms with Crippen LogP contribution in [0.5, 0.6) is 0 Å². The van der Waals surface area contributed by atoms with E-state index in [0.29, 0.717) is 5.56 Å². The molecular formula is C13H12N4OS. The molecule has 0 radical (unpaired) electrons. The lowest BCUT2D eigenvalue weighted by Gasteiger charge is -2.06. The van der Waals surface area contributed by atoms with Crippen molar-refractivity contribution in [1.82, 2.24) is 4.37 Å². The molecule has 1 heterocycles. The van der Waals surface area contributed by atoms with Gasteiger partial charge in [-0.05, 0) is 42.7 Å². The maximum atomic E-state index is 10.9. The third-order valence-corrected chi connectivity index (χ3v) is 3.29. The molecule has 0 aliphatic carbocycles. The topological polar surface area (TPSA) is 77.8 Å². The van der Waals surface area contributed by atoms with Crippen molar-refractivity contribution in [2.75, 3.05) is 10.6 Å². The number of nitrogens with one attached hydrogen (secondary N) is 2. The summed E-state index contributed by atoms with van der Waals surface area (Å²) in [5.41, 5.74) is 2.87. The zero-order chi connectivity index (χ0) is 13.8. The van der Waals surface area contributed by atoms with E-state index in [9.17, 15) is 4.79 Å². The monoisotopic (exact) mass is 272 g/mol. The van der Waals surface area contributed by atoms with Crippen molar-refractivity contribution < 1.29 is 4.79 Å². The second-order valence-corrected chi connectivity index (χ2v) is 4.74. The van der Waals surface area contributed by atoms with Gasteiger partial charge >= 0.3 is 0 Å². The number of aromatic nitrogens is 1. The van der Waals surface area contributed by atoms with Gasteiger partial charge in [-0.15, -0.1) is 0 Å². The van der Waals surface area contributed by atoms with Crippen LogP contribution in [-0.2, 0) is 4.79 Å². The molecule has 0 aliphatic heterocycles. The van der Waals surface area contributed by atoms with Gasteiger partial charge in [-0.25, -0.2) is 0 Å². The van der Waals surface area contributed by atoms with Crippen LogP contribution < -0.4 is 10.6 Å². The van der Waals surface area contributed by atoms with E-state index in [0.717, 1.165) is 22.1 Å². The lowest BCUT2D eigenvalue weighted by molar-refractivity contribution is -0.114. The van der Waals surface area contributed by atoms with Crippen molar-refractivity contribution in [2.45, 2.75) is 13.8 Å². The van der Waals surface area contributed by atoms with E-state index in [1.54, 1.807) is 19.1 Å². The van der Waals surface area contributed by atoms with E-state index in [2.05, 4.69) is 21.1 Å².